The highest BCUT2D eigenvalue weighted by Crippen LogP contribution is 2.32. The molecule has 0 amide bonds. The van der Waals surface area contributed by atoms with Crippen molar-refractivity contribution in [3.8, 4) is 0 Å². The highest BCUT2D eigenvalue weighted by atomic mass is 19.1. The van der Waals surface area contributed by atoms with Crippen LogP contribution in [0.3, 0.4) is 0 Å². The summed E-state index contributed by atoms with van der Waals surface area (Å²) in [6.07, 6.45) is 2.27. The maximum Gasteiger partial charge on any atom is 0.320 e. The van der Waals surface area contributed by atoms with Crippen LogP contribution in [0.5, 0.6) is 0 Å². The van der Waals surface area contributed by atoms with Crippen molar-refractivity contribution in [2.75, 3.05) is 6.54 Å². The van der Waals surface area contributed by atoms with E-state index in [1.165, 1.54) is 12.1 Å². The normalized spacial score (nSPS) is 16.6. The molecule has 0 aromatic heterocycles. The van der Waals surface area contributed by atoms with E-state index in [-0.39, 0.29) is 5.92 Å². The molecule has 1 fully saturated rings. The van der Waals surface area contributed by atoms with E-state index < -0.39 is 23.6 Å². The molecule has 1 aliphatic carbocycles. The maximum atomic E-state index is 12.9. The van der Waals surface area contributed by atoms with E-state index >= 15 is 0 Å². The maximum absolute atomic E-state index is 12.9. The Hall–Kier alpha value is -1.49. The lowest BCUT2D eigenvalue weighted by Gasteiger charge is -2.13. The molecular formula is C13H15F2NO2. The molecule has 1 aliphatic rings. The number of carbonyl (C=O) groups is 1. The van der Waals surface area contributed by atoms with Gasteiger partial charge in [0.25, 0.3) is 0 Å². The first-order chi connectivity index (χ1) is 8.56. The molecule has 1 aromatic carbocycles. The van der Waals surface area contributed by atoms with Gasteiger partial charge in [0, 0.05) is 6.07 Å². The summed E-state index contributed by atoms with van der Waals surface area (Å²) >= 11 is 0. The Morgan fingerprint density at radius 1 is 1.33 bits per heavy atom. The van der Waals surface area contributed by atoms with Gasteiger partial charge in [-0.2, -0.15) is 0 Å². The van der Waals surface area contributed by atoms with Crippen molar-refractivity contribution in [1.29, 1.82) is 0 Å². The van der Waals surface area contributed by atoms with Crippen molar-refractivity contribution in [3.63, 3.8) is 0 Å². The van der Waals surface area contributed by atoms with Crippen LogP contribution in [0.2, 0.25) is 0 Å². The van der Waals surface area contributed by atoms with Gasteiger partial charge >= 0.3 is 5.97 Å². The first-order valence-corrected chi connectivity index (χ1v) is 5.97. The molecule has 2 rings (SSSR count). The average Bonchev–Trinajstić information content (AvgIpc) is 3.06. The molecule has 0 bridgehead atoms. The van der Waals surface area contributed by atoms with Crippen molar-refractivity contribution >= 4 is 5.97 Å². The fourth-order valence-corrected chi connectivity index (χ4v) is 2.01. The van der Waals surface area contributed by atoms with Crippen LogP contribution in [0.1, 0.15) is 18.4 Å². The quantitative estimate of drug-likeness (QED) is 0.817. The molecule has 0 spiro atoms. The monoisotopic (exact) mass is 255 g/mol. The van der Waals surface area contributed by atoms with Gasteiger partial charge in [-0.05, 0) is 49.4 Å². The zero-order chi connectivity index (χ0) is 13.1. The summed E-state index contributed by atoms with van der Waals surface area (Å²) in [6, 6.07) is 2.81. The summed E-state index contributed by atoms with van der Waals surface area (Å²) in [5.41, 5.74) is 0.528. The largest absolute Gasteiger partial charge is 0.480 e. The highest BCUT2D eigenvalue weighted by Gasteiger charge is 2.35. The Bertz CT molecular complexity index is 426. The Morgan fingerprint density at radius 2 is 1.94 bits per heavy atom. The van der Waals surface area contributed by atoms with Gasteiger partial charge in [0.15, 0.2) is 0 Å². The third-order valence-electron chi connectivity index (χ3n) is 3.06. The van der Waals surface area contributed by atoms with Crippen LogP contribution >= 0.6 is 0 Å². The van der Waals surface area contributed by atoms with Crippen LogP contribution in [-0.2, 0) is 11.2 Å². The lowest BCUT2D eigenvalue weighted by molar-refractivity contribution is -0.140. The molecule has 0 heterocycles. The molecule has 1 saturated carbocycles. The molecule has 98 valence electrons. The Labute approximate surface area is 104 Å². The van der Waals surface area contributed by atoms with E-state index in [1.807, 2.05) is 0 Å². The molecule has 1 aromatic rings. The van der Waals surface area contributed by atoms with Crippen molar-refractivity contribution in [3.05, 3.63) is 35.4 Å². The summed E-state index contributed by atoms with van der Waals surface area (Å²) in [5, 5.41) is 11.9. The predicted molar refractivity (Wildman–Crippen MR) is 62.2 cm³/mol. The molecular weight excluding hydrogens is 240 g/mol. The van der Waals surface area contributed by atoms with E-state index in [9.17, 15) is 13.6 Å². The molecule has 0 aliphatic heterocycles. The fraction of sp³-hybridized carbons (Fsp3) is 0.462. The predicted octanol–water partition coefficient (Wildman–Crippen LogP) is 1.96. The number of carboxylic acid groups (broad SMARTS) is 1. The molecule has 1 unspecified atom stereocenters. The first-order valence-electron chi connectivity index (χ1n) is 5.97. The molecule has 2 N–H and O–H groups in total. The SMILES string of the molecule is O=C(O)C(NCCc1cc(F)cc(F)c1)C1CC1. The number of aliphatic carboxylic acids is 1. The molecule has 5 heteroatoms. The van der Waals surface area contributed by atoms with Crippen molar-refractivity contribution in [2.45, 2.75) is 25.3 Å². The average molecular weight is 255 g/mol. The zero-order valence-corrected chi connectivity index (χ0v) is 9.83. The number of nitrogens with one attached hydrogen (secondary N) is 1. The number of benzene rings is 1. The van der Waals surface area contributed by atoms with E-state index in [0.717, 1.165) is 18.9 Å². The summed E-state index contributed by atoms with van der Waals surface area (Å²) in [7, 11) is 0. The van der Waals surface area contributed by atoms with Crippen LogP contribution in [0.15, 0.2) is 18.2 Å². The van der Waals surface area contributed by atoms with E-state index in [2.05, 4.69) is 5.32 Å². The number of halogens is 2. The Balaban J connectivity index is 1.85. The number of carboxylic acids is 1. The minimum atomic E-state index is -0.858. The minimum absolute atomic E-state index is 0.201. The van der Waals surface area contributed by atoms with Gasteiger partial charge in [-0.1, -0.05) is 0 Å². The van der Waals surface area contributed by atoms with Gasteiger partial charge in [0.1, 0.15) is 17.7 Å². The molecule has 1 atom stereocenters. The summed E-state index contributed by atoms with van der Waals surface area (Å²) in [5.74, 6) is -1.88. The number of rotatable bonds is 6. The van der Waals surface area contributed by atoms with Gasteiger partial charge < -0.3 is 10.4 Å². The Morgan fingerprint density at radius 3 is 2.44 bits per heavy atom. The summed E-state index contributed by atoms with van der Waals surface area (Å²) < 4.78 is 25.9. The standard InChI is InChI=1S/C13H15F2NO2/c14-10-5-8(6-11(15)7-10)3-4-16-12(13(17)18)9-1-2-9/h5-7,9,12,16H,1-4H2,(H,17,18). The van der Waals surface area contributed by atoms with Crippen molar-refractivity contribution in [2.24, 2.45) is 5.92 Å². The van der Waals surface area contributed by atoms with Crippen LogP contribution in [0.4, 0.5) is 8.78 Å². The minimum Gasteiger partial charge on any atom is -0.480 e. The topological polar surface area (TPSA) is 49.3 Å². The van der Waals surface area contributed by atoms with Gasteiger partial charge in [-0.3, -0.25) is 4.79 Å². The summed E-state index contributed by atoms with van der Waals surface area (Å²) in [6.45, 7) is 0.399. The highest BCUT2D eigenvalue weighted by molar-refractivity contribution is 5.74. The van der Waals surface area contributed by atoms with Crippen LogP contribution in [0, 0.1) is 17.6 Å². The second-order valence-corrected chi connectivity index (χ2v) is 4.64. The zero-order valence-electron chi connectivity index (χ0n) is 9.83. The first kappa shape index (κ1) is 13.0. The van der Waals surface area contributed by atoms with Gasteiger partial charge in [0.05, 0.1) is 0 Å². The molecule has 18 heavy (non-hydrogen) atoms. The lowest BCUT2D eigenvalue weighted by Crippen LogP contribution is -2.39. The van der Waals surface area contributed by atoms with Gasteiger partial charge in [0.2, 0.25) is 0 Å². The smallest absolute Gasteiger partial charge is 0.320 e. The Kier molecular flexibility index (Phi) is 3.91. The molecule has 0 radical (unpaired) electrons. The van der Waals surface area contributed by atoms with Crippen LogP contribution < -0.4 is 5.32 Å². The van der Waals surface area contributed by atoms with Crippen molar-refractivity contribution in [1.82, 2.24) is 5.32 Å². The van der Waals surface area contributed by atoms with E-state index in [1.54, 1.807) is 0 Å². The molecule has 3 nitrogen and oxygen atoms in total. The number of hydrogen-bond donors (Lipinski definition) is 2. The second kappa shape index (κ2) is 5.44. The lowest BCUT2D eigenvalue weighted by atomic mass is 10.1. The summed E-state index contributed by atoms with van der Waals surface area (Å²) in [4.78, 5) is 10.9. The van der Waals surface area contributed by atoms with Crippen LogP contribution in [-0.4, -0.2) is 23.7 Å². The number of hydrogen-bond acceptors (Lipinski definition) is 2. The second-order valence-electron chi connectivity index (χ2n) is 4.64. The van der Waals surface area contributed by atoms with Gasteiger partial charge in [-0.15, -0.1) is 0 Å². The molecule has 0 saturated heterocycles. The van der Waals surface area contributed by atoms with E-state index in [4.69, 9.17) is 5.11 Å². The third kappa shape index (κ3) is 3.50. The third-order valence-corrected chi connectivity index (χ3v) is 3.06. The van der Waals surface area contributed by atoms with Crippen LogP contribution in [0.25, 0.3) is 0 Å². The van der Waals surface area contributed by atoms with Crippen molar-refractivity contribution < 1.29 is 18.7 Å². The fourth-order valence-electron chi connectivity index (χ4n) is 2.01. The van der Waals surface area contributed by atoms with Gasteiger partial charge in [-0.25, -0.2) is 8.78 Å². The van der Waals surface area contributed by atoms with E-state index in [0.29, 0.717) is 18.5 Å².